The van der Waals surface area contributed by atoms with E-state index in [-0.39, 0.29) is 12.6 Å². The van der Waals surface area contributed by atoms with E-state index in [0.29, 0.717) is 18.4 Å². The Labute approximate surface area is 197 Å². The van der Waals surface area contributed by atoms with Crippen molar-refractivity contribution >= 4 is 44.3 Å². The first-order valence-corrected chi connectivity index (χ1v) is 12.0. The fraction of sp³-hybridized carbons (Fsp3) is 0.417. The maximum Gasteiger partial charge on any atom is 0.344 e. The summed E-state index contributed by atoms with van der Waals surface area (Å²) in [5.41, 5.74) is 3.29. The van der Waals surface area contributed by atoms with E-state index in [1.165, 1.54) is 5.56 Å². The predicted molar refractivity (Wildman–Crippen MR) is 130 cm³/mol. The van der Waals surface area contributed by atoms with Gasteiger partial charge in [-0.25, -0.2) is 9.78 Å². The van der Waals surface area contributed by atoms with Crippen LogP contribution >= 0.6 is 22.9 Å². The number of aryl methyl sites for hydroxylation is 1. The minimum atomic E-state index is -0.350. The highest BCUT2D eigenvalue weighted by Gasteiger charge is 2.26. The Bertz CT molecular complexity index is 1100. The van der Waals surface area contributed by atoms with Gasteiger partial charge < -0.3 is 14.4 Å². The number of hydrogen-bond acceptors (Lipinski definition) is 7. The van der Waals surface area contributed by atoms with Gasteiger partial charge in [0.25, 0.3) is 0 Å². The third kappa shape index (κ3) is 5.52. The van der Waals surface area contributed by atoms with Gasteiger partial charge in [-0.1, -0.05) is 29.0 Å². The average Bonchev–Trinajstić information content (AvgIpc) is 3.17. The number of rotatable bonds is 7. The molecule has 8 heteroatoms. The molecule has 2 heterocycles. The van der Waals surface area contributed by atoms with Gasteiger partial charge in [0, 0.05) is 37.2 Å². The number of benzene rings is 2. The van der Waals surface area contributed by atoms with E-state index in [1.807, 2.05) is 37.3 Å². The van der Waals surface area contributed by atoms with Gasteiger partial charge in [-0.2, -0.15) is 0 Å². The number of carbonyl (C=O) groups excluding carboxylic acids is 1. The van der Waals surface area contributed by atoms with Crippen LogP contribution in [-0.2, 0) is 16.1 Å². The minimum Gasteiger partial charge on any atom is -0.482 e. The number of hydrogen-bond donors (Lipinski definition) is 0. The summed E-state index contributed by atoms with van der Waals surface area (Å²) in [4.78, 5) is 21.2. The number of thiazole rings is 1. The highest BCUT2D eigenvalue weighted by Crippen LogP contribution is 2.32. The van der Waals surface area contributed by atoms with Crippen molar-refractivity contribution in [3.8, 4) is 5.75 Å². The summed E-state index contributed by atoms with van der Waals surface area (Å²) in [6, 6.07) is 12.4. The van der Waals surface area contributed by atoms with Crippen molar-refractivity contribution < 1.29 is 14.3 Å². The summed E-state index contributed by atoms with van der Waals surface area (Å²) >= 11 is 7.83. The van der Waals surface area contributed by atoms with Crippen LogP contribution in [0.2, 0.25) is 5.02 Å². The minimum absolute atomic E-state index is 0.0702. The van der Waals surface area contributed by atoms with Crippen LogP contribution < -0.4 is 9.64 Å². The molecule has 1 aliphatic rings. The zero-order valence-electron chi connectivity index (χ0n) is 18.6. The zero-order chi connectivity index (χ0) is 22.7. The molecule has 0 saturated carbocycles. The third-order valence-corrected chi connectivity index (χ3v) is 6.85. The number of nitrogens with zero attached hydrogens (tertiary/aromatic N) is 3. The molecule has 0 bridgehead atoms. The van der Waals surface area contributed by atoms with Crippen molar-refractivity contribution in [2.75, 3.05) is 37.7 Å². The molecule has 1 fully saturated rings. The SMILES string of the molecule is CCOC(=O)COc1cc(C)cc(CN2CCN(c3nc4ccc(Cl)cc4s3)C[C@@H]2C)c1. The summed E-state index contributed by atoms with van der Waals surface area (Å²) in [7, 11) is 0. The van der Waals surface area contributed by atoms with Crippen molar-refractivity contribution in [1.82, 2.24) is 9.88 Å². The molecule has 2 aromatic carbocycles. The molecule has 0 unspecified atom stereocenters. The fourth-order valence-electron chi connectivity index (χ4n) is 4.00. The fourth-order valence-corrected chi connectivity index (χ4v) is 5.28. The largest absolute Gasteiger partial charge is 0.482 e. The molecule has 4 rings (SSSR count). The van der Waals surface area contributed by atoms with Crippen molar-refractivity contribution in [3.05, 3.63) is 52.5 Å². The number of halogens is 1. The summed E-state index contributed by atoms with van der Waals surface area (Å²) in [6.07, 6.45) is 0. The molecule has 1 atom stereocenters. The number of aromatic nitrogens is 1. The van der Waals surface area contributed by atoms with Crippen molar-refractivity contribution in [2.24, 2.45) is 0 Å². The Balaban J connectivity index is 1.39. The second-order valence-electron chi connectivity index (χ2n) is 8.12. The van der Waals surface area contributed by atoms with Gasteiger partial charge in [-0.15, -0.1) is 0 Å². The molecule has 32 heavy (non-hydrogen) atoms. The molecule has 170 valence electrons. The lowest BCUT2D eigenvalue weighted by atomic mass is 10.1. The predicted octanol–water partition coefficient (Wildman–Crippen LogP) is 4.91. The molecular formula is C24H28ClN3O3S. The number of piperazine rings is 1. The Morgan fingerprint density at radius 1 is 1.25 bits per heavy atom. The average molecular weight is 474 g/mol. The molecule has 0 aliphatic carbocycles. The van der Waals surface area contributed by atoms with Crippen molar-refractivity contribution in [3.63, 3.8) is 0 Å². The van der Waals surface area contributed by atoms with Crippen LogP contribution in [-0.4, -0.2) is 54.7 Å². The van der Waals surface area contributed by atoms with Crippen LogP contribution in [0.5, 0.6) is 5.75 Å². The van der Waals surface area contributed by atoms with Gasteiger partial charge in [0.2, 0.25) is 0 Å². The third-order valence-electron chi connectivity index (χ3n) is 5.53. The molecule has 1 aromatic heterocycles. The van der Waals surface area contributed by atoms with E-state index >= 15 is 0 Å². The summed E-state index contributed by atoms with van der Waals surface area (Å²) in [5, 5.41) is 1.80. The maximum absolute atomic E-state index is 11.6. The Morgan fingerprint density at radius 2 is 2.09 bits per heavy atom. The number of carbonyl (C=O) groups is 1. The van der Waals surface area contributed by atoms with Crippen LogP contribution in [0.1, 0.15) is 25.0 Å². The van der Waals surface area contributed by atoms with Gasteiger partial charge >= 0.3 is 5.97 Å². The van der Waals surface area contributed by atoms with Crippen molar-refractivity contribution in [1.29, 1.82) is 0 Å². The van der Waals surface area contributed by atoms with Crippen LogP contribution in [0, 0.1) is 6.92 Å². The molecule has 1 saturated heterocycles. The normalized spacial score (nSPS) is 17.0. The van der Waals surface area contributed by atoms with E-state index in [9.17, 15) is 4.79 Å². The highest BCUT2D eigenvalue weighted by molar-refractivity contribution is 7.22. The molecule has 6 nitrogen and oxygen atoms in total. The molecule has 1 aliphatic heterocycles. The zero-order valence-corrected chi connectivity index (χ0v) is 20.2. The topological polar surface area (TPSA) is 54.9 Å². The first kappa shape index (κ1) is 22.8. The molecule has 3 aromatic rings. The Hall–Kier alpha value is -2.35. The number of ether oxygens (including phenoxy) is 2. The van der Waals surface area contributed by atoms with Gasteiger partial charge in [0.1, 0.15) is 5.75 Å². The molecule has 0 spiro atoms. The summed E-state index contributed by atoms with van der Waals surface area (Å²) in [6.45, 7) is 10.0. The molecule has 0 N–H and O–H groups in total. The number of esters is 1. The lowest BCUT2D eigenvalue weighted by molar-refractivity contribution is -0.145. The van der Waals surface area contributed by atoms with Crippen molar-refractivity contribution in [2.45, 2.75) is 33.4 Å². The Morgan fingerprint density at radius 3 is 2.88 bits per heavy atom. The van der Waals surface area contributed by atoms with Gasteiger partial charge in [-0.3, -0.25) is 4.90 Å². The van der Waals surface area contributed by atoms with Crippen LogP contribution in [0.25, 0.3) is 10.2 Å². The second kappa shape index (κ2) is 10.1. The van der Waals surface area contributed by atoms with Crippen LogP contribution in [0.4, 0.5) is 5.13 Å². The van der Waals surface area contributed by atoms with Gasteiger partial charge in [0.15, 0.2) is 11.7 Å². The standard InChI is InChI=1S/C24H28ClN3O3S/c1-4-30-23(29)15-31-20-10-16(2)9-18(11-20)14-27-7-8-28(13-17(27)3)24-26-21-6-5-19(25)12-22(21)32-24/h5-6,9-12,17H,4,7-8,13-15H2,1-3H3/t17-/m0/s1. The van der Waals surface area contributed by atoms with E-state index in [0.717, 1.165) is 52.1 Å². The maximum atomic E-state index is 11.6. The number of anilines is 1. The van der Waals surface area contributed by atoms with Crippen LogP contribution in [0.3, 0.4) is 0 Å². The summed E-state index contributed by atoms with van der Waals surface area (Å²) in [5.74, 6) is 0.352. The highest BCUT2D eigenvalue weighted by atomic mass is 35.5. The Kier molecular flexibility index (Phi) is 7.18. The van der Waals surface area contributed by atoms with E-state index < -0.39 is 0 Å². The monoisotopic (exact) mass is 473 g/mol. The molecule has 0 amide bonds. The lowest BCUT2D eigenvalue weighted by Gasteiger charge is -2.39. The van der Waals surface area contributed by atoms with E-state index in [4.69, 9.17) is 26.1 Å². The molecular weight excluding hydrogens is 446 g/mol. The van der Waals surface area contributed by atoms with E-state index in [2.05, 4.69) is 22.8 Å². The van der Waals surface area contributed by atoms with Gasteiger partial charge in [-0.05, 0) is 62.2 Å². The van der Waals surface area contributed by atoms with Gasteiger partial charge in [0.05, 0.1) is 16.8 Å². The quantitative estimate of drug-likeness (QED) is 0.454. The lowest BCUT2D eigenvalue weighted by Crippen LogP contribution is -2.51. The first-order valence-electron chi connectivity index (χ1n) is 10.9. The smallest absolute Gasteiger partial charge is 0.344 e. The van der Waals surface area contributed by atoms with E-state index in [1.54, 1.807) is 18.3 Å². The molecule has 0 radical (unpaired) electrons. The number of fused-ring (bicyclic) bond motifs is 1. The summed E-state index contributed by atoms with van der Waals surface area (Å²) < 4.78 is 11.7. The second-order valence-corrected chi connectivity index (χ2v) is 9.57. The van der Waals surface area contributed by atoms with Crippen LogP contribution in [0.15, 0.2) is 36.4 Å². The first-order chi connectivity index (χ1) is 15.4.